The maximum Gasteiger partial charge on any atom is 0.322 e. The zero-order valence-electron chi connectivity index (χ0n) is 19.9. The highest BCUT2D eigenvalue weighted by molar-refractivity contribution is 5.94. The Bertz CT molecular complexity index is 1200. The Morgan fingerprint density at radius 2 is 1.83 bits per heavy atom. The monoisotopic (exact) mass is 493 g/mol. The van der Waals surface area contributed by atoms with Crippen molar-refractivity contribution in [1.29, 1.82) is 0 Å². The number of carbonyl (C=O) groups is 2. The van der Waals surface area contributed by atoms with Gasteiger partial charge < -0.3 is 20.2 Å². The maximum atomic E-state index is 14.0. The van der Waals surface area contributed by atoms with E-state index in [1.54, 1.807) is 4.90 Å². The fourth-order valence-electron chi connectivity index (χ4n) is 5.66. The number of hydrogen-bond donors (Lipinski definition) is 2. The molecule has 2 N–H and O–H groups in total. The van der Waals surface area contributed by atoms with E-state index in [1.165, 1.54) is 24.2 Å². The van der Waals surface area contributed by atoms with Crippen molar-refractivity contribution < 1.29 is 23.5 Å². The third-order valence-electron chi connectivity index (χ3n) is 7.53. The molecule has 2 heterocycles. The average Bonchev–Trinajstić information content (AvgIpc) is 2.87. The Kier molecular flexibility index (Phi) is 6.92. The normalized spacial score (nSPS) is 23.9. The van der Waals surface area contributed by atoms with E-state index in [2.05, 4.69) is 17.2 Å². The molecule has 3 amide bonds. The number of aliphatic hydroxyl groups excluding tert-OH is 1. The van der Waals surface area contributed by atoms with Gasteiger partial charge in [-0.2, -0.15) is 0 Å². The van der Waals surface area contributed by atoms with Gasteiger partial charge in [-0.15, -0.1) is 0 Å². The quantitative estimate of drug-likeness (QED) is 0.633. The van der Waals surface area contributed by atoms with Crippen LogP contribution in [0.15, 0.2) is 42.5 Å². The van der Waals surface area contributed by atoms with Gasteiger partial charge in [0.05, 0.1) is 24.4 Å². The molecule has 2 saturated heterocycles. The second-order valence-electron chi connectivity index (χ2n) is 9.81. The van der Waals surface area contributed by atoms with Gasteiger partial charge in [0.1, 0.15) is 18.2 Å². The highest BCUT2D eigenvalue weighted by Gasteiger charge is 2.54. The van der Waals surface area contributed by atoms with Crippen LogP contribution >= 0.6 is 0 Å². The lowest BCUT2D eigenvalue weighted by molar-refractivity contribution is -0.159. The van der Waals surface area contributed by atoms with E-state index >= 15 is 0 Å². The van der Waals surface area contributed by atoms with Crippen LogP contribution in [0.3, 0.4) is 0 Å². The standard InChI is InChI=1S/C28H29F2N3O3/c29-21-12-13-22(30)23(14-21)31-28(36)32-15-24-27(25(17-34)33(24)26(35)16-32)20-10-8-19(9-11-20)7-6-18-4-2-1-3-5-18/h8-14,18,24-25,27,34H,1-5,15-17H2,(H,31,36)/t24-,25+,27-/m1/s1. The Morgan fingerprint density at radius 3 is 2.56 bits per heavy atom. The maximum absolute atomic E-state index is 14.0. The number of urea groups is 1. The van der Waals surface area contributed by atoms with Gasteiger partial charge in [-0.25, -0.2) is 13.6 Å². The smallest absolute Gasteiger partial charge is 0.322 e. The molecule has 3 atom stereocenters. The molecule has 3 aliphatic rings. The van der Waals surface area contributed by atoms with Crippen molar-refractivity contribution >= 4 is 17.6 Å². The first-order valence-electron chi connectivity index (χ1n) is 12.5. The van der Waals surface area contributed by atoms with Crippen molar-refractivity contribution in [2.45, 2.75) is 50.1 Å². The number of halogens is 2. The summed E-state index contributed by atoms with van der Waals surface area (Å²) in [5.74, 6) is 5.25. The van der Waals surface area contributed by atoms with Crippen molar-refractivity contribution in [3.63, 3.8) is 0 Å². The second kappa shape index (κ2) is 10.3. The molecule has 1 saturated carbocycles. The molecule has 0 bridgehead atoms. The lowest BCUT2D eigenvalue weighted by Crippen LogP contribution is -2.73. The van der Waals surface area contributed by atoms with Crippen LogP contribution in [0, 0.1) is 29.4 Å². The zero-order valence-corrected chi connectivity index (χ0v) is 19.9. The van der Waals surface area contributed by atoms with Crippen molar-refractivity contribution in [2.75, 3.05) is 25.0 Å². The first kappa shape index (κ1) is 24.3. The molecule has 5 rings (SSSR count). The largest absolute Gasteiger partial charge is 0.394 e. The molecule has 3 fully saturated rings. The number of benzene rings is 2. The summed E-state index contributed by atoms with van der Waals surface area (Å²) < 4.78 is 27.5. The summed E-state index contributed by atoms with van der Waals surface area (Å²) in [4.78, 5) is 28.5. The molecule has 1 aliphatic carbocycles. The van der Waals surface area contributed by atoms with Crippen LogP contribution in [0.4, 0.5) is 19.3 Å². The highest BCUT2D eigenvalue weighted by Crippen LogP contribution is 2.43. The minimum Gasteiger partial charge on any atom is -0.394 e. The second-order valence-corrected chi connectivity index (χ2v) is 9.81. The molecule has 188 valence electrons. The molecule has 2 aliphatic heterocycles. The summed E-state index contributed by atoms with van der Waals surface area (Å²) in [5, 5.41) is 12.4. The van der Waals surface area contributed by atoms with E-state index in [9.17, 15) is 23.5 Å². The zero-order chi connectivity index (χ0) is 25.2. The van der Waals surface area contributed by atoms with Gasteiger partial charge in [-0.3, -0.25) is 4.79 Å². The number of amides is 3. The van der Waals surface area contributed by atoms with Crippen LogP contribution in [-0.2, 0) is 4.79 Å². The molecule has 0 spiro atoms. The summed E-state index contributed by atoms with van der Waals surface area (Å²) in [7, 11) is 0. The topological polar surface area (TPSA) is 72.9 Å². The van der Waals surface area contributed by atoms with Gasteiger partial charge in [0, 0.05) is 30.0 Å². The SMILES string of the molecule is O=C(Nc1cc(F)ccc1F)N1CC(=O)N2[C@H](C1)[C@@H](c1ccc(C#CC3CCCCC3)cc1)[C@@H]2CO. The number of hydrogen-bond acceptors (Lipinski definition) is 3. The number of fused-ring (bicyclic) bond motifs is 1. The van der Waals surface area contributed by atoms with E-state index in [-0.39, 0.29) is 49.3 Å². The molecule has 0 unspecified atom stereocenters. The summed E-state index contributed by atoms with van der Waals surface area (Å²) in [6.07, 6.45) is 6.10. The molecule has 0 radical (unpaired) electrons. The minimum absolute atomic E-state index is 0.152. The summed E-state index contributed by atoms with van der Waals surface area (Å²) in [6, 6.07) is 9.32. The summed E-state index contributed by atoms with van der Waals surface area (Å²) in [6.45, 7) is -0.159. The van der Waals surface area contributed by atoms with Crippen molar-refractivity contribution in [3.05, 3.63) is 65.2 Å². The lowest BCUT2D eigenvalue weighted by Gasteiger charge is -2.58. The van der Waals surface area contributed by atoms with Crippen LogP contribution < -0.4 is 5.32 Å². The van der Waals surface area contributed by atoms with Crippen molar-refractivity contribution in [2.24, 2.45) is 5.92 Å². The summed E-state index contributed by atoms with van der Waals surface area (Å²) in [5.41, 5.74) is 1.61. The average molecular weight is 494 g/mol. The Balaban J connectivity index is 1.29. The van der Waals surface area contributed by atoms with E-state index < -0.39 is 17.7 Å². The number of piperazine rings is 1. The highest BCUT2D eigenvalue weighted by atomic mass is 19.1. The van der Waals surface area contributed by atoms with E-state index in [0.717, 1.165) is 42.2 Å². The number of nitrogens with zero attached hydrogens (tertiary/aromatic N) is 2. The molecule has 2 aromatic carbocycles. The van der Waals surface area contributed by atoms with Crippen LogP contribution in [0.1, 0.15) is 49.1 Å². The minimum atomic E-state index is -0.761. The van der Waals surface area contributed by atoms with E-state index in [0.29, 0.717) is 5.92 Å². The van der Waals surface area contributed by atoms with Crippen LogP contribution in [0.25, 0.3) is 0 Å². The fourth-order valence-corrected chi connectivity index (χ4v) is 5.66. The molecular formula is C28H29F2N3O3. The molecule has 2 aromatic rings. The fraction of sp³-hybridized carbons (Fsp3) is 0.429. The van der Waals surface area contributed by atoms with Gasteiger partial charge >= 0.3 is 6.03 Å². The molecular weight excluding hydrogens is 464 g/mol. The number of anilines is 1. The van der Waals surface area contributed by atoms with Gasteiger partial charge in [-0.1, -0.05) is 43.2 Å². The summed E-state index contributed by atoms with van der Waals surface area (Å²) >= 11 is 0. The Hall–Kier alpha value is -3.44. The third kappa shape index (κ3) is 4.80. The van der Waals surface area contributed by atoms with Crippen molar-refractivity contribution in [3.8, 4) is 11.8 Å². The molecule has 0 aromatic heterocycles. The van der Waals surface area contributed by atoms with Crippen LogP contribution in [0.5, 0.6) is 0 Å². The number of rotatable bonds is 3. The molecule has 8 heteroatoms. The molecule has 36 heavy (non-hydrogen) atoms. The Morgan fingerprint density at radius 1 is 1.08 bits per heavy atom. The van der Waals surface area contributed by atoms with Gasteiger partial charge in [0.2, 0.25) is 5.91 Å². The van der Waals surface area contributed by atoms with Crippen LogP contribution in [0.2, 0.25) is 0 Å². The van der Waals surface area contributed by atoms with Gasteiger partial charge in [-0.05, 0) is 42.7 Å². The van der Waals surface area contributed by atoms with Crippen LogP contribution in [-0.4, -0.2) is 58.6 Å². The first-order chi connectivity index (χ1) is 17.4. The predicted octanol–water partition coefficient (Wildman–Crippen LogP) is 4.10. The van der Waals surface area contributed by atoms with Gasteiger partial charge in [0.25, 0.3) is 0 Å². The number of carbonyl (C=O) groups excluding carboxylic acids is 2. The number of nitrogens with one attached hydrogen (secondary N) is 1. The van der Waals surface area contributed by atoms with E-state index in [1.807, 2.05) is 24.3 Å². The lowest BCUT2D eigenvalue weighted by atomic mass is 9.73. The molecule has 6 nitrogen and oxygen atoms in total. The van der Waals surface area contributed by atoms with Crippen molar-refractivity contribution in [1.82, 2.24) is 9.80 Å². The first-order valence-corrected chi connectivity index (χ1v) is 12.5. The Labute approximate surface area is 209 Å². The third-order valence-corrected chi connectivity index (χ3v) is 7.53. The predicted molar refractivity (Wildman–Crippen MR) is 131 cm³/mol. The van der Waals surface area contributed by atoms with E-state index in [4.69, 9.17) is 0 Å². The number of aliphatic hydroxyl groups is 1. The van der Waals surface area contributed by atoms with Gasteiger partial charge in [0.15, 0.2) is 0 Å².